The monoisotopic (exact) mass is 425 g/mol. The number of rotatable bonds is 5. The second kappa shape index (κ2) is 8.40. The van der Waals surface area contributed by atoms with Gasteiger partial charge < -0.3 is 19.3 Å². The Bertz CT molecular complexity index is 1050. The van der Waals surface area contributed by atoms with Crippen molar-refractivity contribution in [3.05, 3.63) is 71.8 Å². The lowest BCUT2D eigenvalue weighted by atomic mass is 9.78. The average Bonchev–Trinajstić information content (AvgIpc) is 3.04. The van der Waals surface area contributed by atoms with Crippen molar-refractivity contribution in [2.75, 3.05) is 31.1 Å². The van der Waals surface area contributed by atoms with E-state index in [1.165, 1.54) is 4.90 Å². The normalized spacial score (nSPS) is 19.6. The summed E-state index contributed by atoms with van der Waals surface area (Å²) in [6.07, 6.45) is 2.36. The summed E-state index contributed by atoms with van der Waals surface area (Å²) in [6.45, 7) is 5.86. The number of oxazole rings is 1. The third kappa shape index (κ3) is 4.28. The topological polar surface area (TPSA) is 69.8 Å². The zero-order chi connectivity index (χ0) is 21.1. The van der Waals surface area contributed by atoms with Gasteiger partial charge in [0.2, 0.25) is 0 Å². The molecule has 3 aromatic rings. The van der Waals surface area contributed by atoms with Gasteiger partial charge in [-0.2, -0.15) is 4.98 Å². The number of carbonyl (C=O) groups is 1. The van der Waals surface area contributed by atoms with Gasteiger partial charge in [-0.25, -0.2) is 4.79 Å². The maximum atomic E-state index is 11.9. The summed E-state index contributed by atoms with van der Waals surface area (Å²) >= 11 is 6.09. The van der Waals surface area contributed by atoms with Crippen LogP contribution in [0.25, 0.3) is 11.1 Å². The van der Waals surface area contributed by atoms with E-state index in [1.807, 2.05) is 29.2 Å². The van der Waals surface area contributed by atoms with Crippen LogP contribution in [0.4, 0.5) is 10.8 Å². The largest absolute Gasteiger partial charge is 0.465 e. The highest BCUT2D eigenvalue weighted by molar-refractivity contribution is 6.31. The number of halogens is 1. The fourth-order valence-electron chi connectivity index (χ4n) is 4.26. The van der Waals surface area contributed by atoms with Crippen LogP contribution < -0.4 is 4.90 Å². The van der Waals surface area contributed by atoms with Crippen LogP contribution in [0.5, 0.6) is 0 Å². The van der Waals surface area contributed by atoms with Crippen LogP contribution in [0.3, 0.4) is 0 Å². The summed E-state index contributed by atoms with van der Waals surface area (Å²) in [6, 6.07) is 16.0. The number of hydrogen-bond acceptors (Lipinski definition) is 4. The Kier molecular flexibility index (Phi) is 5.68. The van der Waals surface area contributed by atoms with Gasteiger partial charge in [0.1, 0.15) is 5.52 Å². The number of nitrogens with zero attached hydrogens (tertiary/aromatic N) is 3. The predicted octanol–water partition coefficient (Wildman–Crippen LogP) is 5.09. The van der Waals surface area contributed by atoms with E-state index in [1.54, 1.807) is 18.2 Å². The molecule has 4 rings (SSSR count). The van der Waals surface area contributed by atoms with Gasteiger partial charge in [0.05, 0.1) is 0 Å². The highest BCUT2D eigenvalue weighted by atomic mass is 35.5. The smallest absolute Gasteiger partial charge is 0.407 e. The maximum Gasteiger partial charge on any atom is 0.407 e. The number of aromatic nitrogens is 1. The number of benzene rings is 2. The number of amides is 1. The van der Waals surface area contributed by atoms with Gasteiger partial charge in [-0.15, -0.1) is 6.58 Å². The molecule has 1 aromatic heterocycles. The van der Waals surface area contributed by atoms with Gasteiger partial charge in [-0.05, 0) is 36.6 Å². The Morgan fingerprint density at radius 1 is 1.23 bits per heavy atom. The van der Waals surface area contributed by atoms with E-state index < -0.39 is 6.09 Å². The summed E-state index contributed by atoms with van der Waals surface area (Å²) in [5, 5.41) is 10.4. The molecule has 1 aliphatic rings. The molecule has 1 amide bonds. The van der Waals surface area contributed by atoms with Crippen molar-refractivity contribution in [1.82, 2.24) is 9.88 Å². The molecule has 1 atom stereocenters. The Labute approximate surface area is 180 Å². The Hall–Kier alpha value is -2.99. The lowest BCUT2D eigenvalue weighted by molar-refractivity contribution is 0.124. The molecule has 0 aliphatic carbocycles. The molecule has 0 unspecified atom stereocenters. The zero-order valence-corrected chi connectivity index (χ0v) is 17.4. The molecule has 6 nitrogen and oxygen atoms in total. The van der Waals surface area contributed by atoms with Crippen molar-refractivity contribution in [2.24, 2.45) is 5.41 Å². The van der Waals surface area contributed by atoms with E-state index in [4.69, 9.17) is 16.0 Å². The van der Waals surface area contributed by atoms with E-state index in [2.05, 4.69) is 23.7 Å². The molecule has 2 heterocycles. The second-order valence-electron chi connectivity index (χ2n) is 7.89. The third-order valence-electron chi connectivity index (χ3n) is 5.57. The van der Waals surface area contributed by atoms with Crippen LogP contribution >= 0.6 is 11.6 Å². The molecule has 1 saturated heterocycles. The highest BCUT2D eigenvalue weighted by Crippen LogP contribution is 2.35. The first-order valence-electron chi connectivity index (χ1n) is 9.92. The molecular weight excluding hydrogens is 402 g/mol. The fourth-order valence-corrected chi connectivity index (χ4v) is 4.42. The molecular formula is C23H24ClN3O3. The lowest BCUT2D eigenvalue weighted by Gasteiger charge is -2.36. The number of carboxylic acid groups (broad SMARTS) is 1. The molecule has 0 bridgehead atoms. The van der Waals surface area contributed by atoms with E-state index >= 15 is 0 Å². The van der Waals surface area contributed by atoms with Crippen LogP contribution in [0.15, 0.2) is 65.6 Å². The first kappa shape index (κ1) is 20.3. The SMILES string of the molecule is C=CC[C@]1(Cc2ccccc2)CN(C(=O)O)CCN(c2nc3cc(Cl)ccc3o2)C1. The Morgan fingerprint density at radius 3 is 2.77 bits per heavy atom. The van der Waals surface area contributed by atoms with Crippen LogP contribution in [-0.4, -0.2) is 47.3 Å². The van der Waals surface area contributed by atoms with Crippen molar-refractivity contribution in [3.63, 3.8) is 0 Å². The fraction of sp³-hybridized carbons (Fsp3) is 0.304. The van der Waals surface area contributed by atoms with E-state index in [9.17, 15) is 9.90 Å². The minimum Gasteiger partial charge on any atom is -0.465 e. The standard InChI is InChI=1S/C23H24ClN3O3/c1-2-10-23(14-17-6-4-3-5-7-17)15-26(11-12-27(16-23)22(28)29)21-25-19-13-18(24)8-9-20(19)30-21/h2-9,13H,1,10-12,14-16H2,(H,28,29)/t23-/m1/s1. The minimum absolute atomic E-state index is 0.351. The first-order valence-corrected chi connectivity index (χ1v) is 10.3. The summed E-state index contributed by atoms with van der Waals surface area (Å²) in [5.41, 5.74) is 2.16. The van der Waals surface area contributed by atoms with Crippen LogP contribution in [0.1, 0.15) is 12.0 Å². The summed E-state index contributed by atoms with van der Waals surface area (Å²) in [5.74, 6) is 0. The minimum atomic E-state index is -0.914. The van der Waals surface area contributed by atoms with Gasteiger partial charge >= 0.3 is 6.09 Å². The highest BCUT2D eigenvalue weighted by Gasteiger charge is 2.39. The Morgan fingerprint density at radius 2 is 2.03 bits per heavy atom. The van der Waals surface area contributed by atoms with Gasteiger partial charge in [-0.3, -0.25) is 0 Å². The molecule has 1 N–H and O–H groups in total. The van der Waals surface area contributed by atoms with Crippen molar-refractivity contribution in [1.29, 1.82) is 0 Å². The first-order chi connectivity index (χ1) is 14.5. The molecule has 1 fully saturated rings. The molecule has 0 radical (unpaired) electrons. The summed E-state index contributed by atoms with van der Waals surface area (Å²) < 4.78 is 6.00. The third-order valence-corrected chi connectivity index (χ3v) is 5.81. The molecule has 30 heavy (non-hydrogen) atoms. The number of hydrogen-bond donors (Lipinski definition) is 1. The summed E-state index contributed by atoms with van der Waals surface area (Å²) in [4.78, 5) is 20.1. The van der Waals surface area contributed by atoms with Gasteiger partial charge in [0, 0.05) is 36.6 Å². The predicted molar refractivity (Wildman–Crippen MR) is 118 cm³/mol. The van der Waals surface area contributed by atoms with Crippen molar-refractivity contribution >= 4 is 34.8 Å². The summed E-state index contributed by atoms with van der Waals surface area (Å²) in [7, 11) is 0. The van der Waals surface area contributed by atoms with Crippen molar-refractivity contribution in [3.8, 4) is 0 Å². The Balaban J connectivity index is 1.72. The molecule has 0 saturated carbocycles. The lowest BCUT2D eigenvalue weighted by Crippen LogP contribution is -2.43. The van der Waals surface area contributed by atoms with E-state index in [0.29, 0.717) is 54.7 Å². The molecule has 2 aromatic carbocycles. The zero-order valence-electron chi connectivity index (χ0n) is 16.6. The van der Waals surface area contributed by atoms with Crippen molar-refractivity contribution in [2.45, 2.75) is 12.8 Å². The van der Waals surface area contributed by atoms with E-state index in [-0.39, 0.29) is 5.41 Å². The van der Waals surface area contributed by atoms with Crippen LogP contribution in [-0.2, 0) is 6.42 Å². The number of allylic oxidation sites excluding steroid dienone is 1. The van der Waals surface area contributed by atoms with Crippen LogP contribution in [0, 0.1) is 5.41 Å². The molecule has 1 aliphatic heterocycles. The van der Waals surface area contributed by atoms with Crippen LogP contribution in [0.2, 0.25) is 5.02 Å². The van der Waals surface area contributed by atoms with Crippen molar-refractivity contribution < 1.29 is 14.3 Å². The molecule has 156 valence electrons. The van der Waals surface area contributed by atoms with Gasteiger partial charge in [0.25, 0.3) is 6.01 Å². The average molecular weight is 426 g/mol. The van der Waals surface area contributed by atoms with Gasteiger partial charge in [-0.1, -0.05) is 48.0 Å². The van der Waals surface area contributed by atoms with E-state index in [0.717, 1.165) is 12.0 Å². The second-order valence-corrected chi connectivity index (χ2v) is 8.33. The molecule has 0 spiro atoms. The maximum absolute atomic E-state index is 11.9. The quantitative estimate of drug-likeness (QED) is 0.577. The number of fused-ring (bicyclic) bond motifs is 1. The number of anilines is 1. The molecule has 7 heteroatoms. The van der Waals surface area contributed by atoms with Gasteiger partial charge in [0.15, 0.2) is 5.58 Å².